The Kier molecular flexibility index (Phi) is 4.43. The Morgan fingerprint density at radius 3 is 2.48 bits per heavy atom. The van der Waals surface area contributed by atoms with Crippen molar-refractivity contribution in [1.29, 1.82) is 0 Å². The molecule has 3 rings (SSSR count). The molecule has 3 aromatic rings. The molecular formula is C17H12BrNO4. The molecule has 0 radical (unpaired) electrons. The number of carbonyl (C=O) groups is 1. The fraction of sp³-hybridized carbons (Fsp3) is 0.0588. The zero-order valence-electron chi connectivity index (χ0n) is 11.9. The molecule has 0 aliphatic carbocycles. The van der Waals surface area contributed by atoms with Crippen LogP contribution in [0, 0.1) is 0 Å². The first kappa shape index (κ1) is 15.3. The molecule has 0 aliphatic heterocycles. The standard InChI is InChI=1S/C17H12BrNO4/c18-12-6-8-13(9-7-12)22-10-14-15(17(20)21)19-16(23-14)11-4-2-1-3-5-11/h1-9H,10H2,(H,20,21). The SMILES string of the molecule is O=C(O)c1nc(-c2ccccc2)oc1COc1ccc(Br)cc1. The molecule has 0 unspecified atom stereocenters. The number of oxazole rings is 1. The Balaban J connectivity index is 1.84. The van der Waals surface area contributed by atoms with Gasteiger partial charge in [0.2, 0.25) is 5.89 Å². The predicted molar refractivity (Wildman–Crippen MR) is 87.4 cm³/mol. The molecule has 23 heavy (non-hydrogen) atoms. The van der Waals surface area contributed by atoms with Crippen molar-refractivity contribution in [3.8, 4) is 17.2 Å². The van der Waals surface area contributed by atoms with E-state index in [4.69, 9.17) is 9.15 Å². The highest BCUT2D eigenvalue weighted by molar-refractivity contribution is 9.10. The van der Waals surface area contributed by atoms with Gasteiger partial charge in [0.05, 0.1) is 0 Å². The molecule has 1 aromatic heterocycles. The average molecular weight is 374 g/mol. The summed E-state index contributed by atoms with van der Waals surface area (Å²) in [6.07, 6.45) is 0. The number of benzene rings is 2. The van der Waals surface area contributed by atoms with Crippen LogP contribution in [0.4, 0.5) is 0 Å². The van der Waals surface area contributed by atoms with Crippen molar-refractivity contribution < 1.29 is 19.1 Å². The molecule has 0 saturated heterocycles. The molecular weight excluding hydrogens is 362 g/mol. The summed E-state index contributed by atoms with van der Waals surface area (Å²) in [4.78, 5) is 15.4. The highest BCUT2D eigenvalue weighted by Gasteiger charge is 2.20. The van der Waals surface area contributed by atoms with E-state index in [0.717, 1.165) is 4.47 Å². The fourth-order valence-corrected chi connectivity index (χ4v) is 2.26. The Morgan fingerprint density at radius 2 is 1.83 bits per heavy atom. The number of nitrogens with zero attached hydrogens (tertiary/aromatic N) is 1. The average Bonchev–Trinajstić information content (AvgIpc) is 3.00. The second-order valence-electron chi connectivity index (χ2n) is 4.70. The lowest BCUT2D eigenvalue weighted by Crippen LogP contribution is -2.04. The van der Waals surface area contributed by atoms with Gasteiger partial charge in [0.25, 0.3) is 0 Å². The largest absolute Gasteiger partial charge is 0.486 e. The fourth-order valence-electron chi connectivity index (χ4n) is 2.00. The van der Waals surface area contributed by atoms with Crippen LogP contribution in [0.5, 0.6) is 5.75 Å². The number of aromatic nitrogens is 1. The number of rotatable bonds is 5. The van der Waals surface area contributed by atoms with Crippen LogP contribution in [0.2, 0.25) is 0 Å². The molecule has 116 valence electrons. The summed E-state index contributed by atoms with van der Waals surface area (Å²) in [5.74, 6) is -0.0933. The summed E-state index contributed by atoms with van der Waals surface area (Å²) in [7, 11) is 0. The second-order valence-corrected chi connectivity index (χ2v) is 5.62. The van der Waals surface area contributed by atoms with Crippen molar-refractivity contribution >= 4 is 21.9 Å². The lowest BCUT2D eigenvalue weighted by molar-refractivity contribution is 0.0686. The Morgan fingerprint density at radius 1 is 1.13 bits per heavy atom. The number of hydrogen-bond donors (Lipinski definition) is 1. The number of halogens is 1. The van der Waals surface area contributed by atoms with E-state index in [0.29, 0.717) is 11.3 Å². The van der Waals surface area contributed by atoms with Crippen molar-refractivity contribution in [2.75, 3.05) is 0 Å². The first-order valence-electron chi connectivity index (χ1n) is 6.80. The number of ether oxygens (including phenoxy) is 1. The third-order valence-corrected chi connectivity index (χ3v) is 3.63. The van der Waals surface area contributed by atoms with Gasteiger partial charge in [0.15, 0.2) is 11.5 Å². The molecule has 1 heterocycles. The Bertz CT molecular complexity index is 812. The lowest BCUT2D eigenvalue weighted by Gasteiger charge is -2.04. The van der Waals surface area contributed by atoms with Crippen LogP contribution in [-0.4, -0.2) is 16.1 Å². The van der Waals surface area contributed by atoms with Crippen LogP contribution in [0.1, 0.15) is 16.2 Å². The van der Waals surface area contributed by atoms with E-state index in [1.54, 1.807) is 24.3 Å². The molecule has 0 saturated carbocycles. The van der Waals surface area contributed by atoms with Crippen molar-refractivity contribution in [3.05, 3.63) is 70.5 Å². The minimum absolute atomic E-state index is 0.0108. The first-order valence-corrected chi connectivity index (χ1v) is 7.59. The van der Waals surface area contributed by atoms with E-state index in [1.165, 1.54) is 0 Å². The van der Waals surface area contributed by atoms with Gasteiger partial charge >= 0.3 is 5.97 Å². The molecule has 1 N–H and O–H groups in total. The normalized spacial score (nSPS) is 10.5. The van der Waals surface area contributed by atoms with E-state index in [1.807, 2.05) is 30.3 Å². The van der Waals surface area contributed by atoms with Gasteiger partial charge in [-0.3, -0.25) is 0 Å². The van der Waals surface area contributed by atoms with Gasteiger partial charge in [-0.1, -0.05) is 34.1 Å². The van der Waals surface area contributed by atoms with Gasteiger partial charge in [0, 0.05) is 10.0 Å². The smallest absolute Gasteiger partial charge is 0.358 e. The van der Waals surface area contributed by atoms with Crippen LogP contribution in [0.15, 0.2) is 63.5 Å². The first-order chi connectivity index (χ1) is 11.1. The summed E-state index contributed by atoms with van der Waals surface area (Å²) in [5.41, 5.74) is 0.575. The van der Waals surface area contributed by atoms with Crippen LogP contribution < -0.4 is 4.74 Å². The topological polar surface area (TPSA) is 72.6 Å². The van der Waals surface area contributed by atoms with E-state index >= 15 is 0 Å². The third kappa shape index (κ3) is 3.60. The van der Waals surface area contributed by atoms with Gasteiger partial charge in [-0.05, 0) is 36.4 Å². The van der Waals surface area contributed by atoms with Crippen LogP contribution in [0.3, 0.4) is 0 Å². The third-order valence-electron chi connectivity index (χ3n) is 3.10. The Hall–Kier alpha value is -2.60. The van der Waals surface area contributed by atoms with Gasteiger partial charge < -0.3 is 14.3 Å². The lowest BCUT2D eigenvalue weighted by atomic mass is 10.2. The second kappa shape index (κ2) is 6.66. The molecule has 2 aromatic carbocycles. The zero-order chi connectivity index (χ0) is 16.2. The maximum absolute atomic E-state index is 11.3. The predicted octanol–water partition coefficient (Wildman–Crippen LogP) is 4.38. The minimum Gasteiger partial charge on any atom is -0.486 e. The Labute approximate surface area is 140 Å². The molecule has 0 aliphatic rings. The molecule has 0 atom stereocenters. The van der Waals surface area contributed by atoms with Crippen molar-refractivity contribution in [2.24, 2.45) is 0 Å². The maximum Gasteiger partial charge on any atom is 0.358 e. The molecule has 0 bridgehead atoms. The number of aromatic carboxylic acids is 1. The van der Waals surface area contributed by atoms with Gasteiger partial charge in [-0.2, -0.15) is 0 Å². The number of carboxylic acids is 1. The van der Waals surface area contributed by atoms with Crippen LogP contribution in [-0.2, 0) is 6.61 Å². The maximum atomic E-state index is 11.3. The van der Waals surface area contributed by atoms with E-state index in [2.05, 4.69) is 20.9 Å². The highest BCUT2D eigenvalue weighted by atomic mass is 79.9. The molecule has 0 amide bonds. The monoisotopic (exact) mass is 373 g/mol. The van der Waals surface area contributed by atoms with Gasteiger partial charge in [0.1, 0.15) is 12.4 Å². The minimum atomic E-state index is -1.15. The molecule has 6 heteroatoms. The van der Waals surface area contributed by atoms with Crippen molar-refractivity contribution in [1.82, 2.24) is 4.98 Å². The summed E-state index contributed by atoms with van der Waals surface area (Å²) < 4.78 is 12.1. The number of hydrogen-bond acceptors (Lipinski definition) is 4. The van der Waals surface area contributed by atoms with E-state index in [9.17, 15) is 9.90 Å². The van der Waals surface area contributed by atoms with E-state index in [-0.39, 0.29) is 24.0 Å². The summed E-state index contributed by atoms with van der Waals surface area (Å²) in [6, 6.07) is 16.4. The van der Waals surface area contributed by atoms with Crippen molar-refractivity contribution in [2.45, 2.75) is 6.61 Å². The molecule has 0 fully saturated rings. The van der Waals surface area contributed by atoms with Gasteiger partial charge in [-0.25, -0.2) is 9.78 Å². The summed E-state index contributed by atoms with van der Waals surface area (Å²) >= 11 is 3.34. The number of carboxylic acid groups (broad SMARTS) is 1. The zero-order valence-corrected chi connectivity index (χ0v) is 13.5. The van der Waals surface area contributed by atoms with Crippen LogP contribution >= 0.6 is 15.9 Å². The summed E-state index contributed by atoms with van der Waals surface area (Å²) in [5, 5.41) is 9.28. The summed E-state index contributed by atoms with van der Waals surface area (Å²) in [6.45, 7) is -0.0108. The quantitative estimate of drug-likeness (QED) is 0.718. The van der Waals surface area contributed by atoms with Crippen molar-refractivity contribution in [3.63, 3.8) is 0 Å². The molecule has 5 nitrogen and oxygen atoms in total. The highest BCUT2D eigenvalue weighted by Crippen LogP contribution is 2.24. The van der Waals surface area contributed by atoms with E-state index < -0.39 is 5.97 Å². The van der Waals surface area contributed by atoms with Crippen LogP contribution in [0.25, 0.3) is 11.5 Å². The molecule has 0 spiro atoms. The van der Waals surface area contributed by atoms with Gasteiger partial charge in [-0.15, -0.1) is 0 Å².